The van der Waals surface area contributed by atoms with Gasteiger partial charge in [0, 0.05) is 33.6 Å². The summed E-state index contributed by atoms with van der Waals surface area (Å²) >= 11 is 0. The lowest BCUT2D eigenvalue weighted by molar-refractivity contribution is -0.144. The maximum absolute atomic E-state index is 13.4. The van der Waals surface area contributed by atoms with Crippen molar-refractivity contribution in [2.45, 2.75) is 12.1 Å². The van der Waals surface area contributed by atoms with E-state index in [0.717, 1.165) is 0 Å². The van der Waals surface area contributed by atoms with E-state index in [1.54, 1.807) is 60.7 Å². The first-order valence-electron chi connectivity index (χ1n) is 14.9. The van der Waals surface area contributed by atoms with Crippen molar-refractivity contribution in [1.29, 1.82) is 0 Å². The van der Waals surface area contributed by atoms with Gasteiger partial charge in [0.15, 0.2) is 11.6 Å². The van der Waals surface area contributed by atoms with Gasteiger partial charge < -0.3 is 20.1 Å². The van der Waals surface area contributed by atoms with Crippen molar-refractivity contribution in [3.05, 3.63) is 130 Å². The Morgan fingerprint density at radius 2 is 0.917 bits per heavy atom. The lowest BCUT2D eigenvalue weighted by atomic mass is 9.83. The molecule has 4 aromatic carbocycles. The van der Waals surface area contributed by atoms with Gasteiger partial charge in [-0.3, -0.25) is 29.8 Å². The molecule has 0 unspecified atom stereocenters. The smallest absolute Gasteiger partial charge is 0.327 e. The molecule has 12 heteroatoms. The van der Waals surface area contributed by atoms with Crippen molar-refractivity contribution >= 4 is 46.7 Å². The van der Waals surface area contributed by atoms with Gasteiger partial charge in [0.25, 0.3) is 0 Å². The monoisotopic (exact) mass is 648 g/mol. The third-order valence-electron chi connectivity index (χ3n) is 7.66. The fraction of sp³-hybridized carbons (Fsp3) is 0.167. The molecule has 12 nitrogen and oxygen atoms in total. The maximum atomic E-state index is 13.4. The minimum Gasteiger partial charge on any atom is -0.468 e. The SMILES string of the molecule is COC(=O)[C@@H](NCC(=O)Nc1ccc2c(c1)C(=O)c1ccc(NC(=O)CN[C@H](C(=O)OC)c3ccccc3)cc1C2=O)c1ccccc1. The van der Waals surface area contributed by atoms with E-state index in [1.165, 1.54) is 50.6 Å². The molecular formula is C36H32N4O8. The predicted molar refractivity (Wildman–Crippen MR) is 175 cm³/mol. The van der Waals surface area contributed by atoms with Crippen LogP contribution in [-0.4, -0.2) is 62.6 Å². The van der Waals surface area contributed by atoms with Crippen LogP contribution in [-0.2, 0) is 28.7 Å². The van der Waals surface area contributed by atoms with Crippen molar-refractivity contribution in [3.63, 3.8) is 0 Å². The molecule has 1 aliphatic carbocycles. The number of amides is 2. The van der Waals surface area contributed by atoms with Crippen LogP contribution in [0.25, 0.3) is 0 Å². The Labute approximate surface area is 275 Å². The molecule has 244 valence electrons. The number of ketones is 2. The summed E-state index contributed by atoms with van der Waals surface area (Å²) in [5.41, 5.74) is 2.36. The number of ether oxygens (including phenoxy) is 2. The van der Waals surface area contributed by atoms with Crippen LogP contribution in [0.1, 0.15) is 55.1 Å². The molecule has 0 fully saturated rings. The number of nitrogens with one attached hydrogen (secondary N) is 4. The molecule has 4 aromatic rings. The van der Waals surface area contributed by atoms with E-state index in [-0.39, 0.29) is 46.7 Å². The molecule has 5 rings (SSSR count). The second-order valence-corrected chi connectivity index (χ2v) is 10.8. The van der Waals surface area contributed by atoms with Crippen LogP contribution in [0.4, 0.5) is 11.4 Å². The van der Waals surface area contributed by atoms with Gasteiger partial charge in [-0.25, -0.2) is 9.59 Å². The highest BCUT2D eigenvalue weighted by molar-refractivity contribution is 6.29. The number of anilines is 2. The number of benzene rings is 4. The van der Waals surface area contributed by atoms with Crippen molar-refractivity contribution in [2.24, 2.45) is 0 Å². The van der Waals surface area contributed by atoms with Gasteiger partial charge in [0.1, 0.15) is 12.1 Å². The summed E-state index contributed by atoms with van der Waals surface area (Å²) < 4.78 is 9.72. The fourth-order valence-corrected chi connectivity index (χ4v) is 5.31. The van der Waals surface area contributed by atoms with Gasteiger partial charge in [-0.2, -0.15) is 0 Å². The first-order valence-corrected chi connectivity index (χ1v) is 14.9. The van der Waals surface area contributed by atoms with Crippen LogP contribution >= 0.6 is 0 Å². The first-order chi connectivity index (χ1) is 23.2. The summed E-state index contributed by atoms with van der Waals surface area (Å²) in [6.07, 6.45) is 0. The van der Waals surface area contributed by atoms with Crippen LogP contribution in [0.5, 0.6) is 0 Å². The average molecular weight is 649 g/mol. The summed E-state index contributed by atoms with van der Waals surface area (Å²) in [7, 11) is 2.52. The molecule has 0 spiro atoms. The Hall–Kier alpha value is -5.98. The molecule has 2 amide bonds. The van der Waals surface area contributed by atoms with E-state index >= 15 is 0 Å². The zero-order valence-corrected chi connectivity index (χ0v) is 26.1. The van der Waals surface area contributed by atoms with Crippen LogP contribution < -0.4 is 21.3 Å². The molecule has 0 aliphatic heterocycles. The van der Waals surface area contributed by atoms with Gasteiger partial charge in [0.05, 0.1) is 27.3 Å². The molecule has 0 aromatic heterocycles. The molecule has 1 aliphatic rings. The van der Waals surface area contributed by atoms with Crippen LogP contribution in [0.15, 0.2) is 97.1 Å². The number of carbonyl (C=O) groups excluding carboxylic acids is 6. The Morgan fingerprint density at radius 3 is 1.27 bits per heavy atom. The van der Waals surface area contributed by atoms with Crippen LogP contribution in [0.2, 0.25) is 0 Å². The molecule has 4 N–H and O–H groups in total. The quantitative estimate of drug-likeness (QED) is 0.147. The molecule has 0 bridgehead atoms. The van der Waals surface area contributed by atoms with E-state index in [4.69, 9.17) is 9.47 Å². The highest BCUT2D eigenvalue weighted by Crippen LogP contribution is 2.31. The largest absolute Gasteiger partial charge is 0.468 e. The Morgan fingerprint density at radius 1 is 0.542 bits per heavy atom. The highest BCUT2D eigenvalue weighted by atomic mass is 16.5. The molecule has 48 heavy (non-hydrogen) atoms. The summed E-state index contributed by atoms with van der Waals surface area (Å²) in [6, 6.07) is 24.7. The minimum atomic E-state index is -0.863. The summed E-state index contributed by atoms with van der Waals surface area (Å²) in [5.74, 6) is -2.92. The van der Waals surface area contributed by atoms with Crippen molar-refractivity contribution in [1.82, 2.24) is 10.6 Å². The number of esters is 2. The number of fused-ring (bicyclic) bond motifs is 2. The molecule has 0 radical (unpaired) electrons. The Bertz CT molecular complexity index is 1740. The summed E-state index contributed by atoms with van der Waals surface area (Å²) in [5, 5.41) is 11.1. The predicted octanol–water partition coefficient (Wildman–Crippen LogP) is 3.35. The maximum Gasteiger partial charge on any atom is 0.327 e. The zero-order valence-electron chi connectivity index (χ0n) is 26.1. The highest BCUT2D eigenvalue weighted by Gasteiger charge is 2.31. The number of carbonyl (C=O) groups is 6. The van der Waals surface area contributed by atoms with Crippen molar-refractivity contribution in [3.8, 4) is 0 Å². The van der Waals surface area contributed by atoms with Gasteiger partial charge in [-0.1, -0.05) is 60.7 Å². The number of rotatable bonds is 12. The minimum absolute atomic E-state index is 0.116. The van der Waals surface area contributed by atoms with E-state index in [9.17, 15) is 28.8 Å². The third kappa shape index (κ3) is 7.52. The molecule has 2 atom stereocenters. The van der Waals surface area contributed by atoms with E-state index in [0.29, 0.717) is 11.1 Å². The van der Waals surface area contributed by atoms with Crippen molar-refractivity contribution in [2.75, 3.05) is 37.9 Å². The molecule has 0 heterocycles. The lowest BCUT2D eigenvalue weighted by Crippen LogP contribution is -2.36. The second kappa shape index (κ2) is 15.1. The normalized spacial score (nSPS) is 13.0. The Balaban J connectivity index is 1.23. The average Bonchev–Trinajstić information content (AvgIpc) is 3.11. The zero-order chi connectivity index (χ0) is 34.2. The Kier molecular flexibility index (Phi) is 10.5. The van der Waals surface area contributed by atoms with Gasteiger partial charge in [-0.05, 0) is 47.5 Å². The van der Waals surface area contributed by atoms with E-state index < -0.39 is 47.4 Å². The number of hydrogen-bond donors (Lipinski definition) is 4. The van der Waals surface area contributed by atoms with Crippen LogP contribution in [0, 0.1) is 0 Å². The topological polar surface area (TPSA) is 169 Å². The fourth-order valence-electron chi connectivity index (χ4n) is 5.31. The third-order valence-corrected chi connectivity index (χ3v) is 7.66. The van der Waals surface area contributed by atoms with Gasteiger partial charge in [-0.15, -0.1) is 0 Å². The second-order valence-electron chi connectivity index (χ2n) is 10.8. The van der Waals surface area contributed by atoms with Crippen molar-refractivity contribution < 1.29 is 38.2 Å². The van der Waals surface area contributed by atoms with E-state index in [2.05, 4.69) is 21.3 Å². The number of methoxy groups -OCH3 is 2. The standard InChI is InChI=1S/C36H32N4O8/c1-47-35(45)31(21-9-5-3-6-10-21)37-19-29(41)39-23-13-15-25-27(17-23)33(43)26-16-14-24(18-28(26)34(25)44)40-30(42)20-38-32(36(46)48-2)22-11-7-4-8-12-22/h3-18,31-32,37-38H,19-20H2,1-2H3,(H,39,41)(H,40,42)/t31-,32-/m0/s1. The molecule has 0 saturated carbocycles. The molecule has 0 saturated heterocycles. The first kappa shape index (κ1) is 33.4. The van der Waals surface area contributed by atoms with Gasteiger partial charge >= 0.3 is 11.9 Å². The van der Waals surface area contributed by atoms with Gasteiger partial charge in [0.2, 0.25) is 11.8 Å². The summed E-state index contributed by atoms with van der Waals surface area (Å²) in [4.78, 5) is 77.0. The summed E-state index contributed by atoms with van der Waals surface area (Å²) in [6.45, 7) is -0.470. The lowest BCUT2D eigenvalue weighted by Gasteiger charge is -2.20. The molecular weight excluding hydrogens is 616 g/mol. The van der Waals surface area contributed by atoms with Crippen LogP contribution in [0.3, 0.4) is 0 Å². The van der Waals surface area contributed by atoms with E-state index in [1.807, 2.05) is 0 Å². The number of hydrogen-bond acceptors (Lipinski definition) is 10.